The first-order valence-corrected chi connectivity index (χ1v) is 7.92. The van der Waals surface area contributed by atoms with Crippen molar-refractivity contribution < 1.29 is 25.8 Å². The molecular formula is C13H15F3O3S. The highest BCUT2D eigenvalue weighted by Gasteiger charge is 2.37. The lowest BCUT2D eigenvalue weighted by Gasteiger charge is -2.16. The highest BCUT2D eigenvalue weighted by Crippen LogP contribution is 2.39. The molecule has 1 aliphatic rings. The van der Waals surface area contributed by atoms with E-state index in [1.807, 2.05) is 0 Å². The molecule has 0 bridgehead atoms. The molecule has 0 saturated heterocycles. The molecule has 0 aliphatic heterocycles. The Balaban J connectivity index is 2.21. The molecule has 1 aliphatic carbocycles. The van der Waals surface area contributed by atoms with E-state index in [0.717, 1.165) is 25.7 Å². The van der Waals surface area contributed by atoms with Crippen LogP contribution in [-0.4, -0.2) is 20.3 Å². The Morgan fingerprint density at radius 1 is 1.15 bits per heavy atom. The minimum absolute atomic E-state index is 0.0173. The fraction of sp³-hybridized carbons (Fsp3) is 0.538. The van der Waals surface area contributed by atoms with Crippen LogP contribution in [0, 0.1) is 0 Å². The van der Waals surface area contributed by atoms with E-state index in [0.29, 0.717) is 5.56 Å². The molecule has 0 unspecified atom stereocenters. The number of hydrogen-bond donors (Lipinski definition) is 0. The van der Waals surface area contributed by atoms with Gasteiger partial charge < -0.3 is 4.18 Å². The van der Waals surface area contributed by atoms with Crippen molar-refractivity contribution in [2.24, 2.45) is 0 Å². The van der Waals surface area contributed by atoms with Crippen LogP contribution in [0.5, 0.6) is 5.75 Å². The maximum absolute atomic E-state index is 12.2. The van der Waals surface area contributed by atoms with Crippen LogP contribution >= 0.6 is 0 Å². The van der Waals surface area contributed by atoms with Crippen LogP contribution in [0.15, 0.2) is 24.3 Å². The van der Waals surface area contributed by atoms with E-state index in [1.54, 1.807) is 18.2 Å². The third-order valence-corrected chi connectivity index (χ3v) is 4.39. The zero-order valence-electron chi connectivity index (χ0n) is 10.7. The molecule has 0 radical (unpaired) electrons. The molecule has 3 nitrogen and oxygen atoms in total. The quantitative estimate of drug-likeness (QED) is 0.798. The van der Waals surface area contributed by atoms with Crippen molar-refractivity contribution in [2.45, 2.75) is 37.8 Å². The van der Waals surface area contributed by atoms with E-state index >= 15 is 0 Å². The second-order valence-electron chi connectivity index (χ2n) is 4.92. The summed E-state index contributed by atoms with van der Waals surface area (Å²) in [5.41, 5.74) is 0.677. The first kappa shape index (κ1) is 15.2. The second-order valence-corrected chi connectivity index (χ2v) is 6.49. The first-order valence-electron chi connectivity index (χ1n) is 6.35. The summed E-state index contributed by atoms with van der Waals surface area (Å²) in [5, 5.41) is 0. The van der Waals surface area contributed by atoms with Gasteiger partial charge in [0, 0.05) is 0 Å². The van der Waals surface area contributed by atoms with E-state index in [-0.39, 0.29) is 11.7 Å². The summed E-state index contributed by atoms with van der Waals surface area (Å²) in [6.45, 7) is 0. The van der Waals surface area contributed by atoms with Crippen LogP contribution in [0.4, 0.5) is 13.2 Å². The summed E-state index contributed by atoms with van der Waals surface area (Å²) < 4.78 is 64.1. The molecule has 0 amide bonds. The van der Waals surface area contributed by atoms with Crippen LogP contribution in [0.3, 0.4) is 0 Å². The fourth-order valence-corrected chi connectivity index (χ4v) is 3.38. The van der Waals surface area contributed by atoms with Crippen molar-refractivity contribution >= 4 is 10.1 Å². The molecule has 0 aromatic heterocycles. The minimum Gasteiger partial charge on any atom is -0.382 e. The Hall–Kier alpha value is -1.24. The van der Waals surface area contributed by atoms with Crippen molar-refractivity contribution in [1.82, 2.24) is 0 Å². The van der Waals surface area contributed by atoms with Gasteiger partial charge in [-0.3, -0.25) is 0 Å². The van der Waals surface area contributed by atoms with Gasteiger partial charge in [0.1, 0.15) is 5.75 Å². The zero-order chi connectivity index (χ0) is 14.8. The van der Waals surface area contributed by atoms with E-state index in [4.69, 9.17) is 0 Å². The van der Waals surface area contributed by atoms with Crippen molar-refractivity contribution in [1.29, 1.82) is 0 Å². The molecule has 1 aromatic rings. The van der Waals surface area contributed by atoms with Gasteiger partial charge in [0.15, 0.2) is 5.75 Å². The Morgan fingerprint density at radius 3 is 2.35 bits per heavy atom. The Bertz CT molecular complexity index is 560. The van der Waals surface area contributed by atoms with Crippen molar-refractivity contribution in [3.63, 3.8) is 0 Å². The molecular weight excluding hydrogens is 293 g/mol. The summed E-state index contributed by atoms with van der Waals surface area (Å²) in [6.07, 6.45) is -0.927. The molecule has 7 heteroatoms. The predicted octanol–water partition coefficient (Wildman–Crippen LogP) is 3.62. The number of benzene rings is 1. The Morgan fingerprint density at radius 2 is 1.75 bits per heavy atom. The maximum atomic E-state index is 12.2. The number of halogens is 3. The normalized spacial score (nSPS) is 17.4. The monoisotopic (exact) mass is 308 g/mol. The number of alkyl halides is 3. The summed E-state index contributed by atoms with van der Waals surface area (Å²) in [4.78, 5) is 0. The van der Waals surface area contributed by atoms with Crippen LogP contribution in [-0.2, 0) is 10.1 Å². The summed E-state index contributed by atoms with van der Waals surface area (Å²) in [7, 11) is -4.67. The zero-order valence-corrected chi connectivity index (χ0v) is 11.5. The lowest BCUT2D eigenvalue weighted by atomic mass is 9.97. The summed E-state index contributed by atoms with van der Waals surface area (Å²) in [6, 6.07) is 6.41. The second kappa shape index (κ2) is 5.63. The average Bonchev–Trinajstić information content (AvgIpc) is 2.78. The maximum Gasteiger partial charge on any atom is 0.406 e. The van der Waals surface area contributed by atoms with Gasteiger partial charge in [-0.25, -0.2) is 0 Å². The fourth-order valence-electron chi connectivity index (χ4n) is 2.50. The molecule has 1 aromatic carbocycles. The van der Waals surface area contributed by atoms with E-state index in [2.05, 4.69) is 4.18 Å². The minimum atomic E-state index is -4.80. The summed E-state index contributed by atoms with van der Waals surface area (Å²) in [5.74, 6) is -1.80. The van der Waals surface area contributed by atoms with Gasteiger partial charge in [-0.15, -0.1) is 0 Å². The predicted molar refractivity (Wildman–Crippen MR) is 68.1 cm³/mol. The summed E-state index contributed by atoms with van der Waals surface area (Å²) >= 11 is 0. The molecule has 1 fully saturated rings. The number of rotatable bonds is 4. The van der Waals surface area contributed by atoms with Gasteiger partial charge in [0.2, 0.25) is 0 Å². The largest absolute Gasteiger partial charge is 0.406 e. The average molecular weight is 308 g/mol. The Kier molecular flexibility index (Phi) is 4.27. The molecule has 20 heavy (non-hydrogen) atoms. The molecule has 112 valence electrons. The smallest absolute Gasteiger partial charge is 0.382 e. The number of hydrogen-bond acceptors (Lipinski definition) is 3. The van der Waals surface area contributed by atoms with Crippen molar-refractivity contribution in [2.75, 3.05) is 5.75 Å². The van der Waals surface area contributed by atoms with Gasteiger partial charge in [0.05, 0.1) is 0 Å². The van der Waals surface area contributed by atoms with Crippen LogP contribution in [0.1, 0.15) is 37.2 Å². The standard InChI is InChI=1S/C13H15F3O3S/c14-13(15,16)9-20(17,18)19-12-8-4-3-7-11(12)10-5-1-2-6-10/h3-4,7-8,10H,1-2,5-6,9H2. The Labute approximate surface area is 115 Å². The van der Waals surface area contributed by atoms with Crippen LogP contribution in [0.25, 0.3) is 0 Å². The van der Waals surface area contributed by atoms with E-state index in [9.17, 15) is 21.6 Å². The van der Waals surface area contributed by atoms with E-state index in [1.165, 1.54) is 6.07 Å². The highest BCUT2D eigenvalue weighted by molar-refractivity contribution is 7.87. The van der Waals surface area contributed by atoms with Gasteiger partial charge in [-0.2, -0.15) is 21.6 Å². The lowest BCUT2D eigenvalue weighted by Crippen LogP contribution is -2.26. The molecule has 0 atom stereocenters. The van der Waals surface area contributed by atoms with Crippen molar-refractivity contribution in [3.05, 3.63) is 29.8 Å². The molecule has 0 N–H and O–H groups in total. The molecule has 0 spiro atoms. The number of para-hydroxylation sites is 1. The first-order chi connectivity index (χ1) is 9.27. The van der Waals surface area contributed by atoms with Gasteiger partial charge in [-0.1, -0.05) is 31.0 Å². The van der Waals surface area contributed by atoms with Gasteiger partial charge in [-0.05, 0) is 30.4 Å². The van der Waals surface area contributed by atoms with Crippen molar-refractivity contribution in [3.8, 4) is 5.75 Å². The van der Waals surface area contributed by atoms with Gasteiger partial charge in [0.25, 0.3) is 0 Å². The highest BCUT2D eigenvalue weighted by atomic mass is 32.2. The van der Waals surface area contributed by atoms with E-state index < -0.39 is 22.0 Å². The van der Waals surface area contributed by atoms with Crippen LogP contribution < -0.4 is 4.18 Å². The van der Waals surface area contributed by atoms with Gasteiger partial charge >= 0.3 is 16.3 Å². The molecule has 0 heterocycles. The third-order valence-electron chi connectivity index (χ3n) is 3.27. The molecule has 1 saturated carbocycles. The SMILES string of the molecule is O=S(=O)(CC(F)(F)F)Oc1ccccc1C1CCCC1. The van der Waals surface area contributed by atoms with Crippen LogP contribution in [0.2, 0.25) is 0 Å². The third kappa shape index (κ3) is 4.13. The molecule has 2 rings (SSSR count). The lowest BCUT2D eigenvalue weighted by molar-refractivity contribution is -0.107. The topological polar surface area (TPSA) is 43.4 Å².